The molecular weight excluding hydrogens is 599 g/mol. The van der Waals surface area contributed by atoms with Crippen LogP contribution in [0.5, 0.6) is 0 Å². The number of aliphatic hydroxyl groups excluding tert-OH is 1. The number of aromatic nitrogens is 2. The summed E-state index contributed by atoms with van der Waals surface area (Å²) in [5.74, 6) is -0.372. The number of amides is 2. The summed E-state index contributed by atoms with van der Waals surface area (Å²) in [5, 5.41) is 17.1. The molecule has 3 heterocycles. The maximum Gasteiger partial charge on any atom is 0.416 e. The predicted octanol–water partition coefficient (Wildman–Crippen LogP) is 5.17. The fourth-order valence-electron chi connectivity index (χ4n) is 5.62. The van der Waals surface area contributed by atoms with E-state index in [4.69, 9.17) is 4.42 Å². The molecule has 3 unspecified atom stereocenters. The van der Waals surface area contributed by atoms with Crippen LogP contribution in [0.2, 0.25) is 0 Å². The number of rotatable bonds is 11. The van der Waals surface area contributed by atoms with Crippen molar-refractivity contribution < 1.29 is 32.3 Å². The van der Waals surface area contributed by atoms with Gasteiger partial charge in [-0.05, 0) is 62.4 Å². The molecule has 0 aliphatic carbocycles. The zero-order valence-corrected chi connectivity index (χ0v) is 25.6. The minimum Gasteiger partial charge on any atom is -0.446 e. The topological polar surface area (TPSA) is 121 Å². The van der Waals surface area contributed by atoms with Crippen molar-refractivity contribution in [1.82, 2.24) is 25.5 Å². The number of likely N-dealkylation sites (tertiary alicyclic amines) is 1. The number of aryl methyl sites for hydroxylation is 2. The highest BCUT2D eigenvalue weighted by atomic mass is 19.4. The van der Waals surface area contributed by atoms with Gasteiger partial charge in [-0.1, -0.05) is 48.5 Å². The van der Waals surface area contributed by atoms with Crippen LogP contribution in [0.3, 0.4) is 0 Å². The number of carbonyl (C=O) groups is 2. The Balaban J connectivity index is 1.29. The van der Waals surface area contributed by atoms with Crippen LogP contribution in [0.25, 0.3) is 0 Å². The summed E-state index contributed by atoms with van der Waals surface area (Å²) in [4.78, 5) is 37.7. The Bertz CT molecular complexity index is 1660. The third kappa shape index (κ3) is 8.18. The number of nitrogens with zero attached hydrogens (tertiary/aromatic N) is 3. The number of hydrogen-bond donors (Lipinski definition) is 3. The first-order chi connectivity index (χ1) is 22.0. The van der Waals surface area contributed by atoms with E-state index in [0.29, 0.717) is 36.5 Å². The van der Waals surface area contributed by atoms with Gasteiger partial charge < -0.3 is 25.1 Å². The quantitative estimate of drug-likeness (QED) is 0.208. The molecule has 0 radical (unpaired) electrons. The van der Waals surface area contributed by atoms with Gasteiger partial charge in [0, 0.05) is 30.9 Å². The molecule has 242 valence electrons. The molecule has 0 spiro atoms. The van der Waals surface area contributed by atoms with Gasteiger partial charge in [0.1, 0.15) is 18.0 Å². The fraction of sp³-hybridized carbons (Fsp3) is 0.353. The zero-order valence-electron chi connectivity index (χ0n) is 25.6. The van der Waals surface area contributed by atoms with Crippen molar-refractivity contribution >= 4 is 11.8 Å². The number of aliphatic hydroxyl groups is 1. The van der Waals surface area contributed by atoms with E-state index in [1.807, 2.05) is 37.3 Å². The van der Waals surface area contributed by atoms with Crippen LogP contribution in [0, 0.1) is 13.8 Å². The van der Waals surface area contributed by atoms with Crippen LogP contribution >= 0.6 is 0 Å². The summed E-state index contributed by atoms with van der Waals surface area (Å²) >= 11 is 0. The van der Waals surface area contributed by atoms with Gasteiger partial charge in [-0.3, -0.25) is 9.59 Å². The molecule has 1 aliphatic rings. The number of halogens is 3. The van der Waals surface area contributed by atoms with E-state index < -0.39 is 29.8 Å². The van der Waals surface area contributed by atoms with E-state index in [9.17, 15) is 27.9 Å². The van der Waals surface area contributed by atoms with Gasteiger partial charge in [0.2, 0.25) is 5.89 Å². The van der Waals surface area contributed by atoms with Crippen LogP contribution in [0.1, 0.15) is 73.7 Å². The Morgan fingerprint density at radius 3 is 2.50 bits per heavy atom. The van der Waals surface area contributed by atoms with Crippen molar-refractivity contribution in [3.63, 3.8) is 0 Å². The van der Waals surface area contributed by atoms with Crippen LogP contribution in [0.15, 0.2) is 77.4 Å². The number of oxazole rings is 1. The van der Waals surface area contributed by atoms with Crippen molar-refractivity contribution in [2.45, 2.75) is 64.0 Å². The summed E-state index contributed by atoms with van der Waals surface area (Å²) in [5.41, 5.74) is 2.05. The third-order valence-electron chi connectivity index (χ3n) is 7.89. The zero-order chi connectivity index (χ0) is 32.8. The fourth-order valence-corrected chi connectivity index (χ4v) is 5.62. The Kier molecular flexibility index (Phi) is 10.2. The second-order valence-electron chi connectivity index (χ2n) is 11.5. The number of benzene rings is 2. The Hall–Kier alpha value is -4.55. The van der Waals surface area contributed by atoms with E-state index in [1.54, 1.807) is 30.2 Å². The Labute approximate surface area is 264 Å². The van der Waals surface area contributed by atoms with Crippen LogP contribution < -0.4 is 10.6 Å². The minimum atomic E-state index is -4.46. The van der Waals surface area contributed by atoms with Gasteiger partial charge in [0.05, 0.1) is 23.4 Å². The van der Waals surface area contributed by atoms with Crippen molar-refractivity contribution in [2.75, 3.05) is 13.1 Å². The summed E-state index contributed by atoms with van der Waals surface area (Å²) in [6, 6.07) is 16.2. The average Bonchev–Trinajstić information content (AvgIpc) is 3.69. The molecule has 46 heavy (non-hydrogen) atoms. The number of pyridine rings is 1. The molecule has 12 heteroatoms. The molecule has 4 aromatic rings. The third-order valence-corrected chi connectivity index (χ3v) is 7.89. The molecule has 9 nitrogen and oxygen atoms in total. The lowest BCUT2D eigenvalue weighted by atomic mass is 10.00. The first-order valence-corrected chi connectivity index (χ1v) is 15.1. The molecule has 5 rings (SSSR count). The van der Waals surface area contributed by atoms with Gasteiger partial charge in [-0.15, -0.1) is 0 Å². The highest BCUT2D eigenvalue weighted by Crippen LogP contribution is 2.33. The molecular formula is C34H36F3N5O4. The minimum absolute atomic E-state index is 0.00374. The van der Waals surface area contributed by atoms with Crippen LogP contribution in [0.4, 0.5) is 13.2 Å². The molecule has 2 amide bonds. The molecule has 2 aromatic carbocycles. The number of nitrogens with one attached hydrogen (secondary N) is 2. The van der Waals surface area contributed by atoms with E-state index in [1.165, 1.54) is 12.1 Å². The standard InChI is InChI=1S/C34H36F3N5O4/c1-21-14-25(17-28(39-21)33(45)42-13-7-12-29(42)32-40-22(2)20-46-32)31(44)41-27(16-23-8-4-3-5-9-23)30(43)19-38-18-24-10-6-11-26(15-24)34(35,36)37/h3-6,8-11,14-15,17,20,27,29-30,38,43H,7,12-13,16,18-19H2,1-2H3,(H,41,44). The lowest BCUT2D eigenvalue weighted by molar-refractivity contribution is -0.137. The van der Waals surface area contributed by atoms with Crippen molar-refractivity contribution in [3.8, 4) is 0 Å². The van der Waals surface area contributed by atoms with Gasteiger partial charge in [-0.2, -0.15) is 13.2 Å². The predicted molar refractivity (Wildman–Crippen MR) is 164 cm³/mol. The van der Waals surface area contributed by atoms with Crippen molar-refractivity contribution in [3.05, 3.63) is 118 Å². The van der Waals surface area contributed by atoms with E-state index in [-0.39, 0.29) is 36.3 Å². The molecule has 1 fully saturated rings. The van der Waals surface area contributed by atoms with Crippen LogP contribution in [-0.2, 0) is 19.1 Å². The lowest BCUT2D eigenvalue weighted by Crippen LogP contribution is -2.48. The first kappa shape index (κ1) is 32.8. The van der Waals surface area contributed by atoms with Gasteiger partial charge in [-0.25, -0.2) is 9.97 Å². The number of alkyl halides is 3. The molecule has 3 atom stereocenters. The maximum atomic E-state index is 13.6. The Morgan fingerprint density at radius 1 is 1.02 bits per heavy atom. The number of hydrogen-bond acceptors (Lipinski definition) is 7. The molecule has 0 bridgehead atoms. The first-order valence-electron chi connectivity index (χ1n) is 15.1. The van der Waals surface area contributed by atoms with Crippen molar-refractivity contribution in [2.24, 2.45) is 0 Å². The summed E-state index contributed by atoms with van der Waals surface area (Å²) in [6.07, 6.45) is -2.23. The normalized spacial score (nSPS) is 16.3. The van der Waals surface area contributed by atoms with Gasteiger partial charge >= 0.3 is 6.18 Å². The van der Waals surface area contributed by atoms with Crippen LogP contribution in [-0.4, -0.2) is 57.0 Å². The lowest BCUT2D eigenvalue weighted by Gasteiger charge is -2.25. The second-order valence-corrected chi connectivity index (χ2v) is 11.5. The largest absolute Gasteiger partial charge is 0.446 e. The average molecular weight is 636 g/mol. The van der Waals surface area contributed by atoms with E-state index in [2.05, 4.69) is 20.6 Å². The molecule has 1 saturated heterocycles. The van der Waals surface area contributed by atoms with E-state index >= 15 is 0 Å². The van der Waals surface area contributed by atoms with Crippen molar-refractivity contribution in [1.29, 1.82) is 0 Å². The molecule has 3 N–H and O–H groups in total. The van der Waals surface area contributed by atoms with Gasteiger partial charge in [0.15, 0.2) is 0 Å². The molecule has 0 saturated carbocycles. The smallest absolute Gasteiger partial charge is 0.416 e. The summed E-state index contributed by atoms with van der Waals surface area (Å²) < 4.78 is 44.9. The SMILES string of the molecule is Cc1cc(C(=O)NC(Cc2ccccc2)C(O)CNCc2cccc(C(F)(F)F)c2)cc(C(=O)N2CCCC2c2nc(C)co2)n1. The monoisotopic (exact) mass is 635 g/mol. The number of carbonyl (C=O) groups excluding carboxylic acids is 2. The second kappa shape index (κ2) is 14.3. The highest BCUT2D eigenvalue weighted by molar-refractivity contribution is 5.99. The summed E-state index contributed by atoms with van der Waals surface area (Å²) in [6.45, 7) is 4.10. The van der Waals surface area contributed by atoms with Gasteiger partial charge in [0.25, 0.3) is 11.8 Å². The molecule has 2 aromatic heterocycles. The Morgan fingerprint density at radius 2 is 1.78 bits per heavy atom. The summed E-state index contributed by atoms with van der Waals surface area (Å²) in [7, 11) is 0. The molecule has 1 aliphatic heterocycles. The maximum absolute atomic E-state index is 13.6. The highest BCUT2D eigenvalue weighted by Gasteiger charge is 2.35. The van der Waals surface area contributed by atoms with E-state index in [0.717, 1.165) is 29.8 Å².